The van der Waals surface area contributed by atoms with E-state index in [1.807, 2.05) is 24.3 Å². The zero-order valence-electron chi connectivity index (χ0n) is 10.8. The molecule has 2 N–H and O–H groups in total. The van der Waals surface area contributed by atoms with Gasteiger partial charge in [-0.3, -0.25) is 9.89 Å². The summed E-state index contributed by atoms with van der Waals surface area (Å²) < 4.78 is 0. The fourth-order valence-electron chi connectivity index (χ4n) is 1.55. The number of thioether (sulfide) groups is 1. The first-order valence-electron chi connectivity index (χ1n) is 6.23. The van der Waals surface area contributed by atoms with Crippen LogP contribution in [0.4, 0.5) is 0 Å². The van der Waals surface area contributed by atoms with Crippen molar-refractivity contribution in [3.05, 3.63) is 41.4 Å². The number of carbonyl (C=O) groups excluding carboxylic acids is 1. The van der Waals surface area contributed by atoms with Crippen molar-refractivity contribution in [1.82, 2.24) is 20.5 Å². The Kier molecular flexibility index (Phi) is 5.88. The lowest BCUT2D eigenvalue weighted by Gasteiger charge is -2.04. The van der Waals surface area contributed by atoms with Gasteiger partial charge in [0.25, 0.3) is 0 Å². The summed E-state index contributed by atoms with van der Waals surface area (Å²) >= 11 is 7.45. The van der Waals surface area contributed by atoms with Crippen molar-refractivity contribution in [2.75, 3.05) is 12.3 Å². The number of carbonyl (C=O) groups is 1. The summed E-state index contributed by atoms with van der Waals surface area (Å²) in [4.78, 5) is 16.7. The molecule has 0 spiro atoms. The monoisotopic (exact) mass is 310 g/mol. The quantitative estimate of drug-likeness (QED) is 0.770. The number of aromatic nitrogens is 3. The van der Waals surface area contributed by atoms with Gasteiger partial charge in [0.05, 0.1) is 0 Å². The number of hydrogen-bond acceptors (Lipinski definition) is 4. The molecule has 1 amide bonds. The van der Waals surface area contributed by atoms with Crippen molar-refractivity contribution >= 4 is 29.3 Å². The van der Waals surface area contributed by atoms with Gasteiger partial charge in [-0.1, -0.05) is 11.6 Å². The number of amides is 1. The molecule has 2 rings (SSSR count). The van der Waals surface area contributed by atoms with Gasteiger partial charge in [-0.05, 0) is 24.3 Å². The molecule has 0 radical (unpaired) electrons. The second kappa shape index (κ2) is 7.91. The zero-order chi connectivity index (χ0) is 14.2. The summed E-state index contributed by atoms with van der Waals surface area (Å²) in [5.74, 6) is 1.57. The van der Waals surface area contributed by atoms with E-state index in [1.165, 1.54) is 6.33 Å². The van der Waals surface area contributed by atoms with E-state index in [4.69, 9.17) is 11.6 Å². The molecule has 2 aromatic rings. The molecular formula is C13H15ClN4OS. The molecule has 0 aliphatic carbocycles. The molecule has 0 saturated carbocycles. The molecule has 1 aromatic heterocycles. The van der Waals surface area contributed by atoms with Crippen LogP contribution in [0.1, 0.15) is 12.2 Å². The summed E-state index contributed by atoms with van der Waals surface area (Å²) in [7, 11) is 0. The Morgan fingerprint density at radius 3 is 2.85 bits per heavy atom. The van der Waals surface area contributed by atoms with Crippen LogP contribution in [0.3, 0.4) is 0 Å². The molecule has 20 heavy (non-hydrogen) atoms. The standard InChI is InChI=1S/C13H15ClN4OS/c14-10-1-3-11(4-2-10)20-8-6-13(19)15-7-5-12-16-9-17-18-12/h1-4,9H,5-8H2,(H,15,19)(H,16,17,18). The highest BCUT2D eigenvalue weighted by molar-refractivity contribution is 7.99. The van der Waals surface area contributed by atoms with Crippen molar-refractivity contribution in [2.24, 2.45) is 0 Å². The van der Waals surface area contributed by atoms with Crippen LogP contribution in [0.2, 0.25) is 5.02 Å². The number of hydrogen-bond donors (Lipinski definition) is 2. The molecule has 0 aliphatic rings. The van der Waals surface area contributed by atoms with Gasteiger partial charge < -0.3 is 5.32 Å². The molecule has 1 heterocycles. The van der Waals surface area contributed by atoms with Gasteiger partial charge >= 0.3 is 0 Å². The van der Waals surface area contributed by atoms with E-state index >= 15 is 0 Å². The van der Waals surface area contributed by atoms with Crippen molar-refractivity contribution < 1.29 is 4.79 Å². The van der Waals surface area contributed by atoms with Crippen LogP contribution in [-0.4, -0.2) is 33.4 Å². The average Bonchev–Trinajstić information content (AvgIpc) is 2.94. The third kappa shape index (κ3) is 5.22. The highest BCUT2D eigenvalue weighted by atomic mass is 35.5. The molecule has 106 valence electrons. The van der Waals surface area contributed by atoms with Crippen molar-refractivity contribution in [3.8, 4) is 0 Å². The number of halogens is 1. The summed E-state index contributed by atoms with van der Waals surface area (Å²) in [6.45, 7) is 0.569. The van der Waals surface area contributed by atoms with Gasteiger partial charge in [0.1, 0.15) is 12.2 Å². The summed E-state index contributed by atoms with van der Waals surface area (Å²) in [6.07, 6.45) is 2.61. The van der Waals surface area contributed by atoms with E-state index in [9.17, 15) is 4.79 Å². The van der Waals surface area contributed by atoms with Crippen molar-refractivity contribution in [3.63, 3.8) is 0 Å². The third-order valence-corrected chi connectivity index (χ3v) is 3.83. The Bertz CT molecular complexity index is 530. The Hall–Kier alpha value is -1.53. The Morgan fingerprint density at radius 1 is 1.35 bits per heavy atom. The predicted octanol–water partition coefficient (Wildman–Crippen LogP) is 2.30. The van der Waals surface area contributed by atoms with E-state index in [-0.39, 0.29) is 5.91 Å². The van der Waals surface area contributed by atoms with Crippen LogP contribution in [0, 0.1) is 0 Å². The van der Waals surface area contributed by atoms with Gasteiger partial charge in [-0.2, -0.15) is 5.10 Å². The molecular weight excluding hydrogens is 296 g/mol. The molecule has 0 atom stereocenters. The van der Waals surface area contributed by atoms with Gasteiger partial charge in [-0.25, -0.2) is 4.98 Å². The Labute approximate surface area is 126 Å². The Balaban J connectivity index is 1.59. The first kappa shape index (κ1) is 14.9. The van der Waals surface area contributed by atoms with E-state index in [0.29, 0.717) is 19.4 Å². The fraction of sp³-hybridized carbons (Fsp3) is 0.308. The molecule has 1 aromatic carbocycles. The fourth-order valence-corrected chi connectivity index (χ4v) is 2.53. The minimum absolute atomic E-state index is 0.0472. The smallest absolute Gasteiger partial charge is 0.220 e. The van der Waals surface area contributed by atoms with Gasteiger partial charge in [0, 0.05) is 35.1 Å². The number of nitrogens with zero attached hydrogens (tertiary/aromatic N) is 2. The minimum Gasteiger partial charge on any atom is -0.356 e. The van der Waals surface area contributed by atoms with E-state index in [1.54, 1.807) is 11.8 Å². The molecule has 5 nitrogen and oxygen atoms in total. The lowest BCUT2D eigenvalue weighted by Crippen LogP contribution is -2.26. The van der Waals surface area contributed by atoms with Crippen LogP contribution in [-0.2, 0) is 11.2 Å². The number of benzene rings is 1. The second-order valence-electron chi connectivity index (χ2n) is 4.08. The summed E-state index contributed by atoms with van der Waals surface area (Å²) in [5.41, 5.74) is 0. The number of H-pyrrole nitrogens is 1. The number of rotatable bonds is 7. The zero-order valence-corrected chi connectivity index (χ0v) is 12.4. The molecule has 0 saturated heterocycles. The molecule has 7 heteroatoms. The predicted molar refractivity (Wildman–Crippen MR) is 79.9 cm³/mol. The van der Waals surface area contributed by atoms with Gasteiger partial charge in [0.15, 0.2) is 0 Å². The summed E-state index contributed by atoms with van der Waals surface area (Å²) in [6, 6.07) is 7.60. The third-order valence-electron chi connectivity index (χ3n) is 2.56. The maximum atomic E-state index is 11.6. The molecule has 0 fully saturated rings. The topological polar surface area (TPSA) is 70.7 Å². The van der Waals surface area contributed by atoms with Crippen molar-refractivity contribution in [1.29, 1.82) is 0 Å². The van der Waals surface area contributed by atoms with Gasteiger partial charge in [0.2, 0.25) is 5.91 Å². The first-order chi connectivity index (χ1) is 9.74. The minimum atomic E-state index is 0.0472. The summed E-state index contributed by atoms with van der Waals surface area (Å²) in [5, 5.41) is 10.1. The molecule has 0 unspecified atom stereocenters. The molecule has 0 aliphatic heterocycles. The van der Waals surface area contributed by atoms with Crippen LogP contribution in [0.15, 0.2) is 35.5 Å². The lowest BCUT2D eigenvalue weighted by atomic mass is 10.4. The number of nitrogens with one attached hydrogen (secondary N) is 2. The maximum Gasteiger partial charge on any atom is 0.220 e. The first-order valence-corrected chi connectivity index (χ1v) is 7.60. The van der Waals surface area contributed by atoms with Crippen LogP contribution in [0.25, 0.3) is 0 Å². The average molecular weight is 311 g/mol. The number of aromatic amines is 1. The van der Waals surface area contributed by atoms with E-state index in [2.05, 4.69) is 20.5 Å². The highest BCUT2D eigenvalue weighted by Crippen LogP contribution is 2.20. The SMILES string of the molecule is O=C(CCSc1ccc(Cl)cc1)NCCc1ncn[nH]1. The van der Waals surface area contributed by atoms with Crippen LogP contribution in [0.5, 0.6) is 0 Å². The second-order valence-corrected chi connectivity index (χ2v) is 5.69. The lowest BCUT2D eigenvalue weighted by molar-refractivity contribution is -0.120. The Morgan fingerprint density at radius 2 is 2.15 bits per heavy atom. The largest absolute Gasteiger partial charge is 0.356 e. The molecule has 0 bridgehead atoms. The van der Waals surface area contributed by atoms with Crippen molar-refractivity contribution in [2.45, 2.75) is 17.7 Å². The van der Waals surface area contributed by atoms with E-state index < -0.39 is 0 Å². The van der Waals surface area contributed by atoms with Crippen LogP contribution >= 0.6 is 23.4 Å². The maximum absolute atomic E-state index is 11.6. The van der Waals surface area contributed by atoms with Crippen LogP contribution < -0.4 is 5.32 Å². The highest BCUT2D eigenvalue weighted by Gasteiger charge is 2.03. The van der Waals surface area contributed by atoms with E-state index in [0.717, 1.165) is 21.5 Å². The normalized spacial score (nSPS) is 10.4. The van der Waals surface area contributed by atoms with Gasteiger partial charge in [-0.15, -0.1) is 11.8 Å².